The van der Waals surface area contributed by atoms with Gasteiger partial charge in [0.15, 0.2) is 0 Å². The summed E-state index contributed by atoms with van der Waals surface area (Å²) in [5.41, 5.74) is 0.970. The highest BCUT2D eigenvalue weighted by Gasteiger charge is 2.13. The largest absolute Gasteiger partial charge is 0.480 e. The molecule has 25 heavy (non-hydrogen) atoms. The Morgan fingerprint density at radius 1 is 1.12 bits per heavy atom. The van der Waals surface area contributed by atoms with Crippen LogP contribution in [0.5, 0.6) is 5.75 Å². The average molecular weight is 427 g/mol. The van der Waals surface area contributed by atoms with Crippen LogP contribution in [0.3, 0.4) is 0 Å². The summed E-state index contributed by atoms with van der Waals surface area (Å²) >= 11 is 3.19. The van der Waals surface area contributed by atoms with Gasteiger partial charge in [0, 0.05) is 6.42 Å². The highest BCUT2D eigenvalue weighted by atomic mass is 79.9. The van der Waals surface area contributed by atoms with Crippen molar-refractivity contribution in [3.8, 4) is 17.6 Å². The summed E-state index contributed by atoms with van der Waals surface area (Å²) in [6.45, 7) is 1.94. The summed E-state index contributed by atoms with van der Waals surface area (Å²) in [6.07, 6.45) is 0.249. The second-order valence-corrected chi connectivity index (χ2v) is 7.53. The van der Waals surface area contributed by atoms with Crippen molar-refractivity contribution in [3.63, 3.8) is 0 Å². The minimum atomic E-state index is -3.76. The summed E-state index contributed by atoms with van der Waals surface area (Å²) in [4.78, 5) is 0.121. The van der Waals surface area contributed by atoms with Crippen LogP contribution < -0.4 is 4.74 Å². The number of hydrogen-bond acceptors (Lipinski definition) is 4. The minimum absolute atomic E-state index is 0.0382. The van der Waals surface area contributed by atoms with Gasteiger partial charge in [0.05, 0.1) is 16.0 Å². The zero-order valence-electron chi connectivity index (χ0n) is 13.5. The fourth-order valence-corrected chi connectivity index (χ4v) is 3.19. The Kier molecular flexibility index (Phi) is 7.00. The molecule has 0 heterocycles. The highest BCUT2D eigenvalue weighted by molar-refractivity contribution is 9.10. The van der Waals surface area contributed by atoms with Gasteiger partial charge in [-0.1, -0.05) is 29.5 Å². The van der Waals surface area contributed by atoms with Crippen LogP contribution in [0, 0.1) is 24.6 Å². The zero-order valence-corrected chi connectivity index (χ0v) is 15.9. The van der Waals surface area contributed by atoms with Gasteiger partial charge in [0.1, 0.15) is 18.2 Å². The smallest absolute Gasteiger partial charge is 0.297 e. The Hall–Kier alpha value is -1.88. The monoisotopic (exact) mass is 426 g/mol. The predicted molar refractivity (Wildman–Crippen MR) is 96.3 cm³/mol. The zero-order chi connectivity index (χ0) is 18.3. The third kappa shape index (κ3) is 6.16. The van der Waals surface area contributed by atoms with E-state index in [1.54, 1.807) is 12.1 Å². The molecule has 7 heteroatoms. The van der Waals surface area contributed by atoms with Gasteiger partial charge in [-0.3, -0.25) is 4.18 Å². The van der Waals surface area contributed by atoms with Crippen molar-refractivity contribution in [2.24, 2.45) is 0 Å². The normalized spacial score (nSPS) is 10.8. The van der Waals surface area contributed by atoms with Crippen LogP contribution >= 0.6 is 15.9 Å². The molecule has 0 amide bonds. The molecule has 0 bridgehead atoms. The van der Waals surface area contributed by atoms with E-state index in [0.29, 0.717) is 10.2 Å². The first kappa shape index (κ1) is 19.4. The van der Waals surface area contributed by atoms with Crippen molar-refractivity contribution in [3.05, 3.63) is 58.3 Å². The van der Waals surface area contributed by atoms with Gasteiger partial charge in [0.25, 0.3) is 10.1 Å². The SMILES string of the molecule is Cc1ccc(S(=O)(=O)OCCC#CCOc2ccc(F)cc2Br)cc1. The molecule has 2 rings (SSSR count). The maximum Gasteiger partial charge on any atom is 0.297 e. The molecule has 0 aliphatic heterocycles. The molecule has 0 spiro atoms. The van der Waals surface area contributed by atoms with E-state index in [1.165, 1.54) is 30.3 Å². The fraction of sp³-hybridized carbons (Fsp3) is 0.222. The lowest BCUT2D eigenvalue weighted by molar-refractivity contribution is 0.326. The van der Waals surface area contributed by atoms with Crippen molar-refractivity contribution in [2.45, 2.75) is 18.2 Å². The van der Waals surface area contributed by atoms with E-state index in [0.717, 1.165) is 5.56 Å². The van der Waals surface area contributed by atoms with Gasteiger partial charge in [-0.25, -0.2) is 4.39 Å². The number of benzene rings is 2. The molecule has 0 fully saturated rings. The molecule has 0 aromatic heterocycles. The molecule has 0 radical (unpaired) electrons. The third-order valence-electron chi connectivity index (χ3n) is 3.09. The number of ether oxygens (including phenoxy) is 1. The molecule has 2 aromatic rings. The molecule has 0 saturated heterocycles. The van der Waals surface area contributed by atoms with Crippen LogP contribution in [0.1, 0.15) is 12.0 Å². The van der Waals surface area contributed by atoms with Gasteiger partial charge in [0.2, 0.25) is 0 Å². The lowest BCUT2D eigenvalue weighted by Gasteiger charge is -2.04. The molecular weight excluding hydrogens is 411 g/mol. The lowest BCUT2D eigenvalue weighted by Crippen LogP contribution is -2.07. The summed E-state index contributed by atoms with van der Waals surface area (Å²) in [7, 11) is -3.76. The summed E-state index contributed by atoms with van der Waals surface area (Å²) in [5.74, 6) is 5.63. The molecule has 132 valence electrons. The van der Waals surface area contributed by atoms with Crippen molar-refractivity contribution in [1.82, 2.24) is 0 Å². The van der Waals surface area contributed by atoms with E-state index in [2.05, 4.69) is 27.8 Å². The summed E-state index contributed by atoms with van der Waals surface area (Å²) in [6, 6.07) is 10.5. The number of aryl methyl sites for hydroxylation is 1. The van der Waals surface area contributed by atoms with Gasteiger partial charge in [-0.2, -0.15) is 8.42 Å². The van der Waals surface area contributed by atoms with Crippen LogP contribution in [0.25, 0.3) is 0 Å². The Bertz CT molecular complexity index is 884. The van der Waals surface area contributed by atoms with Crippen LogP contribution in [-0.2, 0) is 14.3 Å². The molecule has 2 aromatic carbocycles. The van der Waals surface area contributed by atoms with E-state index in [9.17, 15) is 12.8 Å². The van der Waals surface area contributed by atoms with Gasteiger partial charge < -0.3 is 4.74 Å². The van der Waals surface area contributed by atoms with Gasteiger partial charge in [-0.15, -0.1) is 0 Å². The Labute approximate surface area is 155 Å². The van der Waals surface area contributed by atoms with Crippen LogP contribution in [0.15, 0.2) is 51.8 Å². The molecular formula is C18H16BrFO4S. The maximum absolute atomic E-state index is 12.9. The van der Waals surface area contributed by atoms with Crippen molar-refractivity contribution in [1.29, 1.82) is 0 Å². The van der Waals surface area contributed by atoms with Gasteiger partial charge >= 0.3 is 0 Å². The molecule has 0 aliphatic rings. The number of halogens is 2. The summed E-state index contributed by atoms with van der Waals surface area (Å²) < 4.78 is 47.6. The first-order chi connectivity index (χ1) is 11.9. The topological polar surface area (TPSA) is 52.6 Å². The lowest BCUT2D eigenvalue weighted by atomic mass is 10.2. The molecule has 4 nitrogen and oxygen atoms in total. The van der Waals surface area contributed by atoms with E-state index in [-0.39, 0.29) is 30.3 Å². The van der Waals surface area contributed by atoms with E-state index >= 15 is 0 Å². The van der Waals surface area contributed by atoms with Crippen molar-refractivity contribution in [2.75, 3.05) is 13.2 Å². The second-order valence-electron chi connectivity index (χ2n) is 5.06. The Morgan fingerprint density at radius 2 is 1.84 bits per heavy atom. The Morgan fingerprint density at radius 3 is 2.52 bits per heavy atom. The molecule has 0 atom stereocenters. The van der Waals surface area contributed by atoms with E-state index in [1.807, 2.05) is 6.92 Å². The highest BCUT2D eigenvalue weighted by Crippen LogP contribution is 2.25. The van der Waals surface area contributed by atoms with Crippen LogP contribution in [0.2, 0.25) is 0 Å². The first-order valence-corrected chi connectivity index (χ1v) is 9.58. The van der Waals surface area contributed by atoms with Gasteiger partial charge in [-0.05, 0) is 53.2 Å². The van der Waals surface area contributed by atoms with Crippen LogP contribution in [-0.4, -0.2) is 21.6 Å². The first-order valence-electron chi connectivity index (χ1n) is 7.38. The Balaban J connectivity index is 1.76. The number of rotatable bonds is 6. The molecule has 0 saturated carbocycles. The molecule has 0 N–H and O–H groups in total. The second kappa shape index (κ2) is 8.99. The van der Waals surface area contributed by atoms with E-state index < -0.39 is 10.1 Å². The molecule has 0 aliphatic carbocycles. The standard InChI is InChI=1S/C18H16BrFO4S/c1-14-5-8-16(9-6-14)25(21,22)24-12-4-2-3-11-23-18-10-7-15(20)13-17(18)19/h5-10,13H,4,11-12H2,1H3. The fourth-order valence-electron chi connectivity index (χ4n) is 1.82. The molecule has 0 unspecified atom stereocenters. The average Bonchev–Trinajstić information content (AvgIpc) is 2.56. The minimum Gasteiger partial charge on any atom is -0.480 e. The maximum atomic E-state index is 12.9. The number of hydrogen-bond donors (Lipinski definition) is 0. The van der Waals surface area contributed by atoms with Crippen molar-refractivity contribution >= 4 is 26.0 Å². The predicted octanol–water partition coefficient (Wildman–Crippen LogP) is 4.07. The third-order valence-corrected chi connectivity index (χ3v) is 5.04. The van der Waals surface area contributed by atoms with Crippen LogP contribution in [0.4, 0.5) is 4.39 Å². The van der Waals surface area contributed by atoms with Crippen molar-refractivity contribution < 1.29 is 21.7 Å². The summed E-state index contributed by atoms with van der Waals surface area (Å²) in [5, 5.41) is 0. The van der Waals surface area contributed by atoms with E-state index in [4.69, 9.17) is 8.92 Å². The quantitative estimate of drug-likeness (QED) is 0.396.